The highest BCUT2D eigenvalue weighted by Crippen LogP contribution is 2.25. The van der Waals surface area contributed by atoms with Gasteiger partial charge in [0.15, 0.2) is 5.69 Å². The lowest BCUT2D eigenvalue weighted by Gasteiger charge is -2.23. The quantitative estimate of drug-likeness (QED) is 0.602. The number of unbranched alkanes of at least 4 members (excludes halogenated alkanes) is 1. The molecule has 2 heterocycles. The van der Waals surface area contributed by atoms with Crippen molar-refractivity contribution in [3.8, 4) is 10.6 Å². The van der Waals surface area contributed by atoms with Gasteiger partial charge in [0.05, 0.1) is 0 Å². The van der Waals surface area contributed by atoms with Gasteiger partial charge in [-0.05, 0) is 32.4 Å². The molecule has 8 nitrogen and oxygen atoms in total. The standard InChI is InChI=1S/C21H25N5O3S/c1-4-6-11-26-17(22)16(18(27)24-21(26)29)25(5-2)20(28)15-9-7-14(8-10-15)19-23-13(3)12-30-19/h7-10,12H,4-6,11,22H2,1-3H3,(H,24,27,29). The molecule has 30 heavy (non-hydrogen) atoms. The van der Waals surface area contributed by atoms with Gasteiger partial charge in [-0.2, -0.15) is 0 Å². The maximum Gasteiger partial charge on any atom is 0.330 e. The zero-order valence-corrected chi connectivity index (χ0v) is 18.1. The molecule has 0 saturated heterocycles. The fourth-order valence-electron chi connectivity index (χ4n) is 3.18. The Bertz CT molecular complexity index is 1160. The summed E-state index contributed by atoms with van der Waals surface area (Å²) in [5.74, 6) is -0.362. The number of nitrogens with one attached hydrogen (secondary N) is 1. The lowest BCUT2D eigenvalue weighted by molar-refractivity contribution is 0.0988. The van der Waals surface area contributed by atoms with Crippen molar-refractivity contribution >= 4 is 28.7 Å². The summed E-state index contributed by atoms with van der Waals surface area (Å²) in [6, 6.07) is 7.06. The molecule has 0 aliphatic heterocycles. The predicted molar refractivity (Wildman–Crippen MR) is 120 cm³/mol. The number of carbonyl (C=O) groups is 1. The van der Waals surface area contributed by atoms with Crippen LogP contribution in [0.25, 0.3) is 10.6 Å². The zero-order valence-electron chi connectivity index (χ0n) is 17.3. The van der Waals surface area contributed by atoms with Gasteiger partial charge in [-0.1, -0.05) is 25.5 Å². The third-order valence-corrected chi connectivity index (χ3v) is 5.79. The first-order valence-corrected chi connectivity index (χ1v) is 10.7. The number of hydrogen-bond donors (Lipinski definition) is 2. The van der Waals surface area contributed by atoms with E-state index in [1.54, 1.807) is 19.1 Å². The highest BCUT2D eigenvalue weighted by atomic mass is 32.1. The second-order valence-electron chi connectivity index (χ2n) is 6.92. The summed E-state index contributed by atoms with van der Waals surface area (Å²) in [7, 11) is 0. The van der Waals surface area contributed by atoms with Gasteiger partial charge < -0.3 is 10.6 Å². The monoisotopic (exact) mass is 427 g/mol. The Labute approximate surface area is 178 Å². The number of carbonyl (C=O) groups excluding carboxylic acids is 1. The molecule has 0 bridgehead atoms. The van der Waals surface area contributed by atoms with Crippen molar-refractivity contribution in [1.82, 2.24) is 14.5 Å². The third kappa shape index (κ3) is 4.20. The lowest BCUT2D eigenvalue weighted by Crippen LogP contribution is -2.41. The van der Waals surface area contributed by atoms with E-state index in [2.05, 4.69) is 9.97 Å². The summed E-state index contributed by atoms with van der Waals surface area (Å²) in [5, 5.41) is 2.85. The molecule has 0 fully saturated rings. The molecule has 3 rings (SSSR count). The van der Waals surface area contributed by atoms with Crippen LogP contribution in [0.3, 0.4) is 0 Å². The topological polar surface area (TPSA) is 114 Å². The number of rotatable bonds is 7. The largest absolute Gasteiger partial charge is 0.383 e. The van der Waals surface area contributed by atoms with Crippen LogP contribution in [-0.2, 0) is 6.54 Å². The molecule has 0 spiro atoms. The summed E-state index contributed by atoms with van der Waals surface area (Å²) < 4.78 is 1.31. The van der Waals surface area contributed by atoms with Crippen molar-refractivity contribution in [3.63, 3.8) is 0 Å². The number of benzene rings is 1. The molecule has 9 heteroatoms. The minimum absolute atomic E-state index is 0.00201. The Kier molecular flexibility index (Phi) is 6.51. The molecule has 0 atom stereocenters. The molecule has 0 aliphatic rings. The summed E-state index contributed by atoms with van der Waals surface area (Å²) in [6.07, 6.45) is 1.59. The number of anilines is 2. The number of H-pyrrole nitrogens is 1. The Hall–Kier alpha value is -3.20. The molecular formula is C21H25N5O3S. The van der Waals surface area contributed by atoms with E-state index in [4.69, 9.17) is 5.73 Å². The van der Waals surface area contributed by atoms with Crippen LogP contribution >= 0.6 is 11.3 Å². The third-order valence-electron chi connectivity index (χ3n) is 4.78. The second-order valence-corrected chi connectivity index (χ2v) is 7.78. The fraction of sp³-hybridized carbons (Fsp3) is 0.333. The maximum atomic E-state index is 13.2. The van der Waals surface area contributed by atoms with E-state index in [9.17, 15) is 14.4 Å². The molecule has 0 saturated carbocycles. The van der Waals surface area contributed by atoms with Crippen molar-refractivity contribution in [2.75, 3.05) is 17.2 Å². The second kappa shape index (κ2) is 9.08. The van der Waals surface area contributed by atoms with E-state index >= 15 is 0 Å². The van der Waals surface area contributed by atoms with Crippen LogP contribution in [0.2, 0.25) is 0 Å². The number of amides is 1. The molecule has 2 aromatic heterocycles. The number of nitrogen functional groups attached to an aromatic ring is 1. The Morgan fingerprint density at radius 3 is 2.50 bits per heavy atom. The SMILES string of the molecule is CCCCn1c(N)c(N(CC)C(=O)c2ccc(-c3nc(C)cs3)cc2)c(=O)[nH]c1=O. The highest BCUT2D eigenvalue weighted by molar-refractivity contribution is 7.13. The predicted octanol–water partition coefficient (Wildman–Crippen LogP) is 3.02. The van der Waals surface area contributed by atoms with Crippen LogP contribution in [0.1, 0.15) is 42.7 Å². The Morgan fingerprint density at radius 2 is 1.93 bits per heavy atom. The minimum Gasteiger partial charge on any atom is -0.383 e. The fourth-order valence-corrected chi connectivity index (χ4v) is 3.98. The maximum absolute atomic E-state index is 13.2. The summed E-state index contributed by atoms with van der Waals surface area (Å²) in [6.45, 7) is 6.28. The summed E-state index contributed by atoms with van der Waals surface area (Å²) in [5.41, 5.74) is 7.20. The van der Waals surface area contributed by atoms with Gasteiger partial charge in [0.25, 0.3) is 11.5 Å². The first kappa shape index (κ1) is 21.5. The number of nitrogens with two attached hydrogens (primary N) is 1. The molecule has 3 aromatic rings. The van der Waals surface area contributed by atoms with Gasteiger partial charge in [-0.25, -0.2) is 9.78 Å². The molecule has 158 valence electrons. The normalized spacial score (nSPS) is 10.9. The molecule has 1 aromatic carbocycles. The van der Waals surface area contributed by atoms with Gasteiger partial charge in [0.1, 0.15) is 10.8 Å². The Balaban J connectivity index is 1.97. The first-order chi connectivity index (χ1) is 14.4. The lowest BCUT2D eigenvalue weighted by atomic mass is 10.1. The van der Waals surface area contributed by atoms with Crippen molar-refractivity contribution in [3.05, 3.63) is 61.7 Å². The van der Waals surface area contributed by atoms with Gasteiger partial charge in [-0.3, -0.25) is 19.1 Å². The number of aryl methyl sites for hydroxylation is 1. The zero-order chi connectivity index (χ0) is 21.8. The van der Waals surface area contributed by atoms with Crippen molar-refractivity contribution < 1.29 is 4.79 Å². The molecule has 3 N–H and O–H groups in total. The van der Waals surface area contributed by atoms with Crippen LogP contribution in [0.5, 0.6) is 0 Å². The molecule has 0 unspecified atom stereocenters. The van der Waals surface area contributed by atoms with E-state index in [-0.39, 0.29) is 24.0 Å². The van der Waals surface area contributed by atoms with Crippen LogP contribution < -0.4 is 21.9 Å². The summed E-state index contributed by atoms with van der Waals surface area (Å²) in [4.78, 5) is 45.9. The number of hydrogen-bond acceptors (Lipinski definition) is 6. The molecule has 0 aliphatic carbocycles. The van der Waals surface area contributed by atoms with Crippen molar-refractivity contribution in [2.45, 2.75) is 40.2 Å². The van der Waals surface area contributed by atoms with Crippen molar-refractivity contribution in [2.24, 2.45) is 0 Å². The van der Waals surface area contributed by atoms with Gasteiger partial charge >= 0.3 is 5.69 Å². The smallest absolute Gasteiger partial charge is 0.330 e. The average Bonchev–Trinajstić information content (AvgIpc) is 3.17. The minimum atomic E-state index is -0.671. The molecule has 1 amide bonds. The van der Waals surface area contributed by atoms with E-state index in [1.807, 2.05) is 31.4 Å². The first-order valence-electron chi connectivity index (χ1n) is 9.84. The van der Waals surface area contributed by atoms with Gasteiger partial charge in [0, 0.05) is 35.3 Å². The van der Waals surface area contributed by atoms with Gasteiger partial charge in [-0.15, -0.1) is 11.3 Å². The van der Waals surface area contributed by atoms with Crippen LogP contribution in [0.4, 0.5) is 11.5 Å². The summed E-state index contributed by atoms with van der Waals surface area (Å²) >= 11 is 1.54. The number of aromatic nitrogens is 3. The van der Waals surface area contributed by atoms with E-state index in [0.29, 0.717) is 12.1 Å². The highest BCUT2D eigenvalue weighted by Gasteiger charge is 2.24. The van der Waals surface area contributed by atoms with Crippen LogP contribution in [0, 0.1) is 6.92 Å². The average molecular weight is 428 g/mol. The van der Waals surface area contributed by atoms with E-state index in [0.717, 1.165) is 29.1 Å². The Morgan fingerprint density at radius 1 is 1.23 bits per heavy atom. The van der Waals surface area contributed by atoms with Crippen LogP contribution in [0.15, 0.2) is 39.2 Å². The van der Waals surface area contributed by atoms with Crippen LogP contribution in [-0.4, -0.2) is 27.0 Å². The number of thiazole rings is 1. The van der Waals surface area contributed by atoms with Crippen molar-refractivity contribution in [1.29, 1.82) is 0 Å². The number of aromatic amines is 1. The number of nitrogens with zero attached hydrogens (tertiary/aromatic N) is 3. The van der Waals surface area contributed by atoms with E-state index in [1.165, 1.54) is 20.8 Å². The molecule has 0 radical (unpaired) electrons. The van der Waals surface area contributed by atoms with E-state index < -0.39 is 11.2 Å². The van der Waals surface area contributed by atoms with Gasteiger partial charge in [0.2, 0.25) is 0 Å². The molecular weight excluding hydrogens is 402 g/mol.